The number of ether oxygens (including phenoxy) is 4. The lowest BCUT2D eigenvalue weighted by Crippen LogP contribution is -2.44. The number of rotatable bonds is 3. The third kappa shape index (κ3) is 6.49. The Kier molecular flexibility index (Phi) is 7.74. The highest BCUT2D eigenvalue weighted by Crippen LogP contribution is 2.35. The first-order chi connectivity index (χ1) is 18.0. The molecule has 0 aliphatic carbocycles. The largest absolute Gasteiger partial charge is 0.486 e. The van der Waals surface area contributed by atoms with E-state index in [9.17, 15) is 13.2 Å². The summed E-state index contributed by atoms with van der Waals surface area (Å²) in [5, 5.41) is 0. The van der Waals surface area contributed by atoms with E-state index < -0.39 is 11.7 Å². The molecule has 3 aliphatic rings. The highest BCUT2D eigenvalue weighted by Gasteiger charge is 2.32. The lowest BCUT2D eigenvalue weighted by atomic mass is 9.89. The van der Waals surface area contributed by atoms with Gasteiger partial charge >= 0.3 is 6.18 Å². The summed E-state index contributed by atoms with van der Waals surface area (Å²) in [6.07, 6.45) is -2.50. The van der Waals surface area contributed by atoms with E-state index in [4.69, 9.17) is 18.9 Å². The van der Waals surface area contributed by atoms with Crippen molar-refractivity contribution in [3.8, 4) is 23.0 Å². The second-order valence-corrected chi connectivity index (χ2v) is 9.36. The van der Waals surface area contributed by atoms with E-state index in [-0.39, 0.29) is 12.0 Å². The van der Waals surface area contributed by atoms with Crippen LogP contribution in [0, 0.1) is 0 Å². The lowest BCUT2D eigenvalue weighted by molar-refractivity contribution is -0.137. The Labute approximate surface area is 214 Å². The van der Waals surface area contributed by atoms with Crippen molar-refractivity contribution >= 4 is 0 Å². The molecule has 3 aromatic carbocycles. The van der Waals surface area contributed by atoms with Gasteiger partial charge in [-0.25, -0.2) is 0 Å². The Hall–Kier alpha value is -3.39. The molecule has 0 amide bonds. The Morgan fingerprint density at radius 2 is 1.43 bits per heavy atom. The molecule has 1 fully saturated rings. The van der Waals surface area contributed by atoms with Crippen molar-refractivity contribution in [2.24, 2.45) is 0 Å². The van der Waals surface area contributed by atoms with E-state index in [0.717, 1.165) is 60.6 Å². The first kappa shape index (κ1) is 25.3. The number of nitrogens with zero attached hydrogens (tertiary/aromatic N) is 1. The minimum absolute atomic E-state index is 0.0693. The molecular formula is C29H30F3NO4. The van der Waals surface area contributed by atoms with Crippen LogP contribution in [0.25, 0.3) is 0 Å². The zero-order valence-electron chi connectivity index (χ0n) is 20.5. The second-order valence-electron chi connectivity index (χ2n) is 9.36. The van der Waals surface area contributed by atoms with Crippen molar-refractivity contribution in [2.75, 3.05) is 39.5 Å². The number of benzene rings is 3. The van der Waals surface area contributed by atoms with Crippen LogP contribution in [0.4, 0.5) is 13.2 Å². The number of alkyl halides is 3. The van der Waals surface area contributed by atoms with Gasteiger partial charge in [0.2, 0.25) is 0 Å². The predicted molar refractivity (Wildman–Crippen MR) is 134 cm³/mol. The summed E-state index contributed by atoms with van der Waals surface area (Å²) < 4.78 is 61.4. The van der Waals surface area contributed by atoms with Crippen LogP contribution in [0.2, 0.25) is 0 Å². The maximum Gasteiger partial charge on any atom is 0.416 e. The Morgan fingerprint density at radius 3 is 2.11 bits per heavy atom. The van der Waals surface area contributed by atoms with Crippen LogP contribution in [-0.2, 0) is 6.18 Å². The molecular weight excluding hydrogens is 483 g/mol. The molecule has 0 spiro atoms. The first-order valence-electron chi connectivity index (χ1n) is 12.6. The number of halogens is 3. The Bertz CT molecular complexity index is 1160. The van der Waals surface area contributed by atoms with Crippen LogP contribution in [0.15, 0.2) is 72.8 Å². The fraction of sp³-hybridized carbons (Fsp3) is 0.379. The molecule has 0 N–H and O–H groups in total. The number of hydrogen-bond donors (Lipinski definition) is 0. The summed E-state index contributed by atoms with van der Waals surface area (Å²) in [5.41, 5.74) is 0.193. The van der Waals surface area contributed by atoms with E-state index >= 15 is 0 Å². The summed E-state index contributed by atoms with van der Waals surface area (Å²) in [6.45, 7) is 4.19. The van der Waals surface area contributed by atoms with Crippen molar-refractivity contribution in [3.63, 3.8) is 0 Å². The van der Waals surface area contributed by atoms with Crippen LogP contribution in [0.1, 0.15) is 29.9 Å². The van der Waals surface area contributed by atoms with Crippen molar-refractivity contribution in [1.29, 1.82) is 0 Å². The van der Waals surface area contributed by atoms with Crippen LogP contribution in [0.5, 0.6) is 23.0 Å². The fourth-order valence-electron chi connectivity index (χ4n) is 4.90. The summed E-state index contributed by atoms with van der Waals surface area (Å²) in [5.74, 6) is 3.33. The molecule has 3 heterocycles. The molecule has 8 heteroatoms. The average Bonchev–Trinajstić information content (AvgIpc) is 2.93. The highest BCUT2D eigenvalue weighted by molar-refractivity contribution is 5.41. The van der Waals surface area contributed by atoms with Gasteiger partial charge in [-0.05, 0) is 61.2 Å². The number of likely N-dealkylation sites (tertiary alicyclic amines) is 1. The third-order valence-electron chi connectivity index (χ3n) is 6.67. The first-order valence-corrected chi connectivity index (χ1v) is 12.6. The Balaban J connectivity index is 0.000000233. The number of hydrogen-bond acceptors (Lipinski definition) is 5. The second kappa shape index (κ2) is 11.3. The highest BCUT2D eigenvalue weighted by atomic mass is 19.4. The van der Waals surface area contributed by atoms with Crippen molar-refractivity contribution in [1.82, 2.24) is 4.90 Å². The van der Waals surface area contributed by atoms with Gasteiger partial charge in [0, 0.05) is 13.1 Å². The van der Waals surface area contributed by atoms with Gasteiger partial charge in [0.1, 0.15) is 25.9 Å². The number of para-hydroxylation sites is 4. The topological polar surface area (TPSA) is 40.2 Å². The van der Waals surface area contributed by atoms with Gasteiger partial charge < -0.3 is 18.9 Å². The van der Waals surface area contributed by atoms with Gasteiger partial charge in [-0.2, -0.15) is 13.2 Å². The molecule has 3 aromatic rings. The maximum atomic E-state index is 13.0. The molecule has 6 rings (SSSR count). The molecule has 1 unspecified atom stereocenters. The van der Waals surface area contributed by atoms with Gasteiger partial charge in [-0.1, -0.05) is 42.5 Å². The smallest absolute Gasteiger partial charge is 0.416 e. The third-order valence-corrected chi connectivity index (χ3v) is 6.67. The molecule has 37 heavy (non-hydrogen) atoms. The summed E-state index contributed by atoms with van der Waals surface area (Å²) >= 11 is 0. The van der Waals surface area contributed by atoms with E-state index in [1.165, 1.54) is 12.1 Å². The number of fused-ring (bicyclic) bond motifs is 2. The fourth-order valence-corrected chi connectivity index (χ4v) is 4.90. The van der Waals surface area contributed by atoms with Gasteiger partial charge in [0.25, 0.3) is 0 Å². The minimum atomic E-state index is -4.30. The summed E-state index contributed by atoms with van der Waals surface area (Å²) in [4.78, 5) is 2.27. The van der Waals surface area contributed by atoms with E-state index in [1.807, 2.05) is 48.5 Å². The van der Waals surface area contributed by atoms with Gasteiger partial charge in [0.05, 0.1) is 5.56 Å². The van der Waals surface area contributed by atoms with Gasteiger partial charge in [-0.3, -0.25) is 4.90 Å². The summed E-state index contributed by atoms with van der Waals surface area (Å²) in [6, 6.07) is 21.0. The van der Waals surface area contributed by atoms with E-state index in [2.05, 4.69) is 4.90 Å². The van der Waals surface area contributed by atoms with E-state index in [0.29, 0.717) is 26.4 Å². The predicted octanol–water partition coefficient (Wildman–Crippen LogP) is 6.18. The van der Waals surface area contributed by atoms with Gasteiger partial charge in [-0.15, -0.1) is 0 Å². The van der Waals surface area contributed by atoms with Crippen LogP contribution in [-0.4, -0.2) is 50.5 Å². The molecule has 196 valence electrons. The molecule has 1 saturated heterocycles. The van der Waals surface area contributed by atoms with E-state index in [1.54, 1.807) is 6.07 Å². The summed E-state index contributed by atoms with van der Waals surface area (Å²) in [7, 11) is 0. The van der Waals surface area contributed by atoms with Crippen LogP contribution >= 0.6 is 0 Å². The number of piperidine rings is 1. The molecule has 0 saturated carbocycles. The molecule has 3 aliphatic heterocycles. The SMILES string of the molecule is FC(F)(F)c1cccc(C2CCCN(C[C@H]3COc4ccccc4O3)C2)c1.c1ccc2c(c1)OCCO2. The lowest BCUT2D eigenvalue weighted by Gasteiger charge is -2.36. The normalized spacial score (nSPS) is 20.9. The molecule has 0 radical (unpaired) electrons. The molecule has 0 aromatic heterocycles. The quantitative estimate of drug-likeness (QED) is 0.418. The Morgan fingerprint density at radius 1 is 0.784 bits per heavy atom. The zero-order chi connectivity index (χ0) is 25.7. The molecule has 0 bridgehead atoms. The minimum Gasteiger partial charge on any atom is -0.486 e. The van der Waals surface area contributed by atoms with Crippen molar-refractivity contribution < 1.29 is 32.1 Å². The zero-order valence-corrected chi connectivity index (χ0v) is 20.5. The average molecular weight is 514 g/mol. The standard InChI is InChI=1S/C21H22F3NO2.C8H8O2/c22-21(23,24)17-7-3-5-15(11-17)16-6-4-10-25(12-16)13-18-14-26-19-8-1-2-9-20(19)27-18;1-2-4-8-7(3-1)9-5-6-10-8/h1-3,5,7-9,11,16,18H,4,6,10,12-14H2;1-4H,5-6H2/t16?,18-;/m0./s1. The van der Waals surface area contributed by atoms with Crippen LogP contribution in [0.3, 0.4) is 0 Å². The van der Waals surface area contributed by atoms with Gasteiger partial charge in [0.15, 0.2) is 23.0 Å². The molecule has 5 nitrogen and oxygen atoms in total. The molecule has 2 atom stereocenters. The monoisotopic (exact) mass is 513 g/mol. The maximum absolute atomic E-state index is 13.0. The van der Waals surface area contributed by atoms with Crippen LogP contribution < -0.4 is 18.9 Å². The van der Waals surface area contributed by atoms with Crippen molar-refractivity contribution in [3.05, 3.63) is 83.9 Å². The van der Waals surface area contributed by atoms with Crippen molar-refractivity contribution in [2.45, 2.75) is 31.0 Å².